The van der Waals surface area contributed by atoms with Crippen molar-refractivity contribution < 1.29 is 4.74 Å². The van der Waals surface area contributed by atoms with Gasteiger partial charge in [-0.15, -0.1) is 0 Å². The predicted molar refractivity (Wildman–Crippen MR) is 85.3 cm³/mol. The van der Waals surface area contributed by atoms with Crippen LogP contribution in [0.5, 0.6) is 5.75 Å². The molecule has 2 aromatic rings. The van der Waals surface area contributed by atoms with Gasteiger partial charge in [0.2, 0.25) is 0 Å². The molecule has 2 rings (SSSR count). The third-order valence-electron chi connectivity index (χ3n) is 3.13. The number of aryl methyl sites for hydroxylation is 1. The van der Waals surface area contributed by atoms with Crippen LogP contribution in [-0.2, 0) is 6.42 Å². The van der Waals surface area contributed by atoms with E-state index in [9.17, 15) is 0 Å². The second-order valence-electron chi connectivity index (χ2n) is 4.70. The van der Waals surface area contributed by atoms with Crippen LogP contribution in [0.25, 0.3) is 0 Å². The molecule has 0 saturated heterocycles. The van der Waals surface area contributed by atoms with Crippen molar-refractivity contribution in [3.63, 3.8) is 0 Å². The average Bonchev–Trinajstić information content (AvgIpc) is 2.48. The van der Waals surface area contributed by atoms with Gasteiger partial charge in [-0.2, -0.15) is 0 Å². The van der Waals surface area contributed by atoms with E-state index in [4.69, 9.17) is 10.5 Å². The summed E-state index contributed by atoms with van der Waals surface area (Å²) in [6.45, 7) is 3.52. The molecule has 0 aliphatic carbocycles. The molecule has 20 heavy (non-hydrogen) atoms. The topological polar surface area (TPSA) is 47.3 Å². The first-order valence-corrected chi connectivity index (χ1v) is 7.09. The summed E-state index contributed by atoms with van der Waals surface area (Å²) in [4.78, 5) is 0. The van der Waals surface area contributed by atoms with Crippen LogP contribution in [0.2, 0.25) is 0 Å². The summed E-state index contributed by atoms with van der Waals surface area (Å²) in [7, 11) is 0. The van der Waals surface area contributed by atoms with E-state index in [-0.39, 0.29) is 0 Å². The van der Waals surface area contributed by atoms with Gasteiger partial charge in [0.05, 0.1) is 12.3 Å². The van der Waals surface area contributed by atoms with Crippen molar-refractivity contribution in [1.29, 1.82) is 0 Å². The highest BCUT2D eigenvalue weighted by Gasteiger charge is 2.01. The Balaban J connectivity index is 1.80. The number of nitrogen functional groups attached to an aromatic ring is 1. The minimum Gasteiger partial charge on any atom is -0.492 e. The van der Waals surface area contributed by atoms with E-state index in [1.54, 1.807) is 0 Å². The molecule has 0 saturated carbocycles. The first-order valence-electron chi connectivity index (χ1n) is 7.09. The van der Waals surface area contributed by atoms with Crippen molar-refractivity contribution in [2.45, 2.75) is 19.8 Å². The molecule has 3 heteroatoms. The third-order valence-corrected chi connectivity index (χ3v) is 3.13. The number of nitrogens with two attached hydrogens (primary N) is 1. The molecule has 3 N–H and O–H groups in total. The highest BCUT2D eigenvalue weighted by atomic mass is 16.5. The number of rotatable bonds is 7. The second-order valence-corrected chi connectivity index (χ2v) is 4.70. The Morgan fingerprint density at radius 3 is 2.65 bits per heavy atom. The molecule has 0 aliphatic rings. The molecule has 0 spiro atoms. The van der Waals surface area contributed by atoms with Crippen molar-refractivity contribution in [3.8, 4) is 5.75 Å². The van der Waals surface area contributed by atoms with Crippen LogP contribution in [0.3, 0.4) is 0 Å². The van der Waals surface area contributed by atoms with Gasteiger partial charge in [-0.05, 0) is 37.5 Å². The molecule has 0 unspecified atom stereocenters. The van der Waals surface area contributed by atoms with Crippen LogP contribution in [0.1, 0.15) is 18.9 Å². The van der Waals surface area contributed by atoms with E-state index in [1.165, 1.54) is 5.56 Å². The van der Waals surface area contributed by atoms with E-state index < -0.39 is 0 Å². The SMILES string of the molecule is CCOc1cc(NCCCc2ccccc2)ccc1N. The van der Waals surface area contributed by atoms with Crippen LogP contribution in [-0.4, -0.2) is 13.2 Å². The maximum Gasteiger partial charge on any atom is 0.144 e. The summed E-state index contributed by atoms with van der Waals surface area (Å²) >= 11 is 0. The molecule has 0 heterocycles. The summed E-state index contributed by atoms with van der Waals surface area (Å²) in [5.41, 5.74) is 8.96. The summed E-state index contributed by atoms with van der Waals surface area (Å²) < 4.78 is 5.49. The molecule has 0 aliphatic heterocycles. The lowest BCUT2D eigenvalue weighted by molar-refractivity contribution is 0.342. The number of benzene rings is 2. The molecular formula is C17H22N2O. The molecule has 0 fully saturated rings. The van der Waals surface area contributed by atoms with Gasteiger partial charge < -0.3 is 15.8 Å². The van der Waals surface area contributed by atoms with Gasteiger partial charge in [-0.3, -0.25) is 0 Å². The summed E-state index contributed by atoms with van der Waals surface area (Å²) in [6.07, 6.45) is 2.18. The maximum absolute atomic E-state index is 5.85. The summed E-state index contributed by atoms with van der Waals surface area (Å²) in [5, 5.41) is 3.41. The van der Waals surface area contributed by atoms with Gasteiger partial charge in [0.15, 0.2) is 0 Å². The smallest absolute Gasteiger partial charge is 0.144 e. The lowest BCUT2D eigenvalue weighted by atomic mass is 10.1. The zero-order valence-corrected chi connectivity index (χ0v) is 11.9. The zero-order valence-electron chi connectivity index (χ0n) is 11.9. The fourth-order valence-electron chi connectivity index (χ4n) is 2.09. The monoisotopic (exact) mass is 270 g/mol. The Kier molecular flexibility index (Phi) is 5.30. The van der Waals surface area contributed by atoms with E-state index >= 15 is 0 Å². The first-order chi connectivity index (χ1) is 9.79. The van der Waals surface area contributed by atoms with Gasteiger partial charge in [0.25, 0.3) is 0 Å². The Morgan fingerprint density at radius 2 is 1.90 bits per heavy atom. The quantitative estimate of drug-likeness (QED) is 0.595. The van der Waals surface area contributed by atoms with Gasteiger partial charge in [0, 0.05) is 18.3 Å². The lowest BCUT2D eigenvalue weighted by Crippen LogP contribution is -2.04. The van der Waals surface area contributed by atoms with E-state index in [0.29, 0.717) is 12.3 Å². The molecule has 106 valence electrons. The average molecular weight is 270 g/mol. The molecule has 0 amide bonds. The molecular weight excluding hydrogens is 248 g/mol. The van der Waals surface area contributed by atoms with Gasteiger partial charge in [-0.25, -0.2) is 0 Å². The minimum absolute atomic E-state index is 0.627. The van der Waals surface area contributed by atoms with Crippen molar-refractivity contribution in [2.75, 3.05) is 24.2 Å². The number of hydrogen-bond acceptors (Lipinski definition) is 3. The number of anilines is 2. The van der Waals surface area contributed by atoms with Crippen LogP contribution < -0.4 is 15.8 Å². The molecule has 2 aromatic carbocycles. The van der Waals surface area contributed by atoms with Crippen LogP contribution in [0.15, 0.2) is 48.5 Å². The van der Waals surface area contributed by atoms with Crippen LogP contribution >= 0.6 is 0 Å². The highest BCUT2D eigenvalue weighted by Crippen LogP contribution is 2.25. The number of hydrogen-bond donors (Lipinski definition) is 2. The number of ether oxygens (including phenoxy) is 1. The highest BCUT2D eigenvalue weighted by molar-refractivity contribution is 5.61. The van der Waals surface area contributed by atoms with E-state index in [2.05, 4.69) is 29.6 Å². The zero-order chi connectivity index (χ0) is 14.2. The van der Waals surface area contributed by atoms with Crippen molar-refractivity contribution in [1.82, 2.24) is 0 Å². The summed E-state index contributed by atoms with van der Waals surface area (Å²) in [5.74, 6) is 0.751. The maximum atomic E-state index is 5.85. The van der Waals surface area contributed by atoms with E-state index in [0.717, 1.165) is 30.8 Å². The first kappa shape index (κ1) is 14.3. The van der Waals surface area contributed by atoms with Gasteiger partial charge in [-0.1, -0.05) is 30.3 Å². The minimum atomic E-state index is 0.627. The van der Waals surface area contributed by atoms with Crippen molar-refractivity contribution in [3.05, 3.63) is 54.1 Å². The molecule has 0 bridgehead atoms. The Hall–Kier alpha value is -2.16. The van der Waals surface area contributed by atoms with E-state index in [1.807, 2.05) is 31.2 Å². The van der Waals surface area contributed by atoms with Crippen LogP contribution in [0.4, 0.5) is 11.4 Å². The Labute approximate surface area is 120 Å². The Bertz CT molecular complexity index is 526. The molecule has 0 aromatic heterocycles. The standard InChI is InChI=1S/C17H22N2O/c1-2-20-17-13-15(10-11-16(17)18)19-12-6-9-14-7-4-3-5-8-14/h3-5,7-8,10-11,13,19H,2,6,9,12,18H2,1H3. The fourth-order valence-corrected chi connectivity index (χ4v) is 2.09. The lowest BCUT2D eigenvalue weighted by Gasteiger charge is -2.11. The molecule has 3 nitrogen and oxygen atoms in total. The van der Waals surface area contributed by atoms with Gasteiger partial charge in [0.1, 0.15) is 5.75 Å². The largest absolute Gasteiger partial charge is 0.492 e. The van der Waals surface area contributed by atoms with Crippen molar-refractivity contribution in [2.24, 2.45) is 0 Å². The normalized spacial score (nSPS) is 10.2. The predicted octanol–water partition coefficient (Wildman–Crippen LogP) is 3.71. The third kappa shape index (κ3) is 4.19. The van der Waals surface area contributed by atoms with Crippen molar-refractivity contribution >= 4 is 11.4 Å². The summed E-state index contributed by atoms with van der Waals surface area (Å²) in [6, 6.07) is 16.4. The molecule has 0 atom stereocenters. The number of nitrogens with one attached hydrogen (secondary N) is 1. The second kappa shape index (κ2) is 7.43. The Morgan fingerprint density at radius 1 is 1.10 bits per heavy atom. The van der Waals surface area contributed by atoms with Gasteiger partial charge >= 0.3 is 0 Å². The molecule has 0 radical (unpaired) electrons. The fraction of sp³-hybridized carbons (Fsp3) is 0.294. The van der Waals surface area contributed by atoms with Crippen LogP contribution in [0, 0.1) is 0 Å².